The Morgan fingerprint density at radius 3 is 1.80 bits per heavy atom. The monoisotopic (exact) mass is 280 g/mol. The van der Waals surface area contributed by atoms with E-state index < -0.39 is 29.8 Å². The number of benzene rings is 1. The van der Waals surface area contributed by atoms with Gasteiger partial charge in [0, 0.05) is 13.8 Å². The highest BCUT2D eigenvalue weighted by Gasteiger charge is 2.27. The van der Waals surface area contributed by atoms with E-state index in [1.807, 2.05) is 0 Å². The fourth-order valence-electron chi connectivity index (χ4n) is 1.20. The van der Waals surface area contributed by atoms with Crippen molar-refractivity contribution >= 4 is 23.5 Å². The maximum absolute atomic E-state index is 11.3. The highest BCUT2D eigenvalue weighted by Crippen LogP contribution is 2.27. The molecule has 106 valence electrons. The van der Waals surface area contributed by atoms with Crippen LogP contribution < -0.4 is 0 Å². The molecule has 0 atom stereocenters. The molecule has 0 amide bonds. The fourth-order valence-corrected chi connectivity index (χ4v) is 1.20. The Labute approximate surface area is 114 Å². The van der Waals surface area contributed by atoms with E-state index in [1.165, 1.54) is 24.3 Å². The fraction of sp³-hybridized carbons (Fsp3) is 0.231. The predicted molar refractivity (Wildman–Crippen MR) is 64.4 cm³/mol. The number of hydrogen-bond donors (Lipinski definition) is 1. The zero-order valence-electron chi connectivity index (χ0n) is 10.8. The molecular formula is C13H12O7. The van der Waals surface area contributed by atoms with Crippen molar-refractivity contribution in [3.05, 3.63) is 29.8 Å². The molecule has 1 aromatic rings. The smallest absolute Gasteiger partial charge is 0.377 e. The van der Waals surface area contributed by atoms with Crippen LogP contribution in [0.25, 0.3) is 0 Å². The number of carbonyl (C=O) groups is 4. The number of aromatic hydroxyl groups is 1. The average Bonchev–Trinajstić information content (AvgIpc) is 2.38. The van der Waals surface area contributed by atoms with Gasteiger partial charge < -0.3 is 14.6 Å². The first kappa shape index (κ1) is 15.4. The van der Waals surface area contributed by atoms with Crippen molar-refractivity contribution in [1.82, 2.24) is 0 Å². The summed E-state index contributed by atoms with van der Waals surface area (Å²) < 4.78 is 9.31. The van der Waals surface area contributed by atoms with Gasteiger partial charge in [-0.05, 0) is 12.1 Å². The van der Waals surface area contributed by atoms with Gasteiger partial charge >= 0.3 is 11.9 Å². The molecule has 0 bridgehead atoms. The summed E-state index contributed by atoms with van der Waals surface area (Å²) in [6.07, 6.45) is -1.68. The zero-order chi connectivity index (χ0) is 15.3. The van der Waals surface area contributed by atoms with Crippen LogP contribution in [0.3, 0.4) is 0 Å². The minimum absolute atomic E-state index is 0.0586. The molecule has 0 radical (unpaired) electrons. The number of para-hydroxylation sites is 1. The molecule has 0 spiro atoms. The zero-order valence-corrected chi connectivity index (χ0v) is 10.8. The lowest BCUT2D eigenvalue weighted by Crippen LogP contribution is -2.24. The number of hydrogen-bond acceptors (Lipinski definition) is 7. The Morgan fingerprint density at radius 1 is 0.950 bits per heavy atom. The van der Waals surface area contributed by atoms with Crippen LogP contribution >= 0.6 is 0 Å². The third-order valence-electron chi connectivity index (χ3n) is 2.19. The highest BCUT2D eigenvalue weighted by atomic mass is 16.7. The van der Waals surface area contributed by atoms with E-state index in [0.717, 1.165) is 13.8 Å². The minimum atomic E-state index is -1.68. The van der Waals surface area contributed by atoms with Crippen molar-refractivity contribution in [2.75, 3.05) is 0 Å². The summed E-state index contributed by atoms with van der Waals surface area (Å²) >= 11 is 0. The van der Waals surface area contributed by atoms with Crippen LogP contribution in [-0.2, 0) is 28.7 Å². The van der Waals surface area contributed by atoms with E-state index in [1.54, 1.807) is 0 Å². The predicted octanol–water partition coefficient (Wildman–Crippen LogP) is 0.655. The van der Waals surface area contributed by atoms with E-state index in [9.17, 15) is 24.3 Å². The van der Waals surface area contributed by atoms with Crippen molar-refractivity contribution in [2.45, 2.75) is 20.1 Å². The summed E-state index contributed by atoms with van der Waals surface area (Å²) in [4.78, 5) is 44.3. The van der Waals surface area contributed by atoms with Crippen molar-refractivity contribution < 1.29 is 33.8 Å². The number of ketones is 2. The van der Waals surface area contributed by atoms with Gasteiger partial charge in [-0.2, -0.15) is 0 Å². The topological polar surface area (TPSA) is 107 Å². The first-order valence-electron chi connectivity index (χ1n) is 5.54. The van der Waals surface area contributed by atoms with Crippen LogP contribution in [0, 0.1) is 0 Å². The highest BCUT2D eigenvalue weighted by molar-refractivity contribution is 6.33. The SMILES string of the molecule is CC(=O)C(=O)OC(OC(=O)C(C)=O)c1ccccc1O. The standard InChI is InChI=1S/C13H12O7/c1-7(14)11(17)19-13(20-12(18)8(2)15)9-5-3-4-6-10(9)16/h3-6,13,16H,1-2H3. The molecule has 0 aliphatic heterocycles. The Bertz CT molecular complexity index is 534. The van der Waals surface area contributed by atoms with Crippen LogP contribution in [0.5, 0.6) is 5.75 Å². The van der Waals surface area contributed by atoms with Gasteiger partial charge in [0.05, 0.1) is 5.56 Å². The van der Waals surface area contributed by atoms with E-state index in [2.05, 4.69) is 9.47 Å². The summed E-state index contributed by atoms with van der Waals surface area (Å²) in [6.45, 7) is 1.94. The molecule has 0 unspecified atom stereocenters. The van der Waals surface area contributed by atoms with Gasteiger partial charge in [0.1, 0.15) is 5.75 Å². The van der Waals surface area contributed by atoms with E-state index in [4.69, 9.17) is 0 Å². The Hall–Kier alpha value is -2.70. The largest absolute Gasteiger partial charge is 0.507 e. The quantitative estimate of drug-likeness (QED) is 0.479. The minimum Gasteiger partial charge on any atom is -0.507 e. The van der Waals surface area contributed by atoms with Gasteiger partial charge in [0.25, 0.3) is 6.29 Å². The van der Waals surface area contributed by atoms with Crippen LogP contribution in [0.15, 0.2) is 24.3 Å². The number of phenolic OH excluding ortho intramolecular Hbond substituents is 1. The summed E-state index contributed by atoms with van der Waals surface area (Å²) in [5, 5.41) is 9.63. The number of rotatable bonds is 5. The van der Waals surface area contributed by atoms with Crippen molar-refractivity contribution in [3.63, 3.8) is 0 Å². The average molecular weight is 280 g/mol. The van der Waals surface area contributed by atoms with Crippen LogP contribution in [-0.4, -0.2) is 28.6 Å². The Balaban J connectivity index is 3.04. The van der Waals surface area contributed by atoms with E-state index in [-0.39, 0.29) is 11.3 Å². The molecule has 0 aliphatic rings. The molecule has 0 heterocycles. The summed E-state index contributed by atoms with van der Waals surface area (Å²) in [7, 11) is 0. The molecule has 1 N–H and O–H groups in total. The summed E-state index contributed by atoms with van der Waals surface area (Å²) in [5.74, 6) is -4.65. The molecule has 20 heavy (non-hydrogen) atoms. The number of esters is 2. The van der Waals surface area contributed by atoms with Gasteiger partial charge in [0.2, 0.25) is 11.6 Å². The number of phenols is 1. The second kappa shape index (κ2) is 6.46. The van der Waals surface area contributed by atoms with Crippen LogP contribution in [0.4, 0.5) is 0 Å². The van der Waals surface area contributed by atoms with Crippen molar-refractivity contribution in [3.8, 4) is 5.75 Å². The lowest BCUT2D eigenvalue weighted by atomic mass is 10.2. The number of carbonyl (C=O) groups excluding carboxylic acids is 4. The lowest BCUT2D eigenvalue weighted by Gasteiger charge is -2.18. The Kier molecular flexibility index (Phi) is 4.96. The first-order valence-corrected chi connectivity index (χ1v) is 5.54. The second-order valence-corrected chi connectivity index (χ2v) is 3.81. The van der Waals surface area contributed by atoms with Crippen LogP contribution in [0.2, 0.25) is 0 Å². The van der Waals surface area contributed by atoms with Crippen LogP contribution in [0.1, 0.15) is 25.7 Å². The summed E-state index contributed by atoms with van der Waals surface area (Å²) in [5.41, 5.74) is -0.0586. The van der Waals surface area contributed by atoms with Gasteiger partial charge in [0.15, 0.2) is 0 Å². The molecule has 1 aromatic carbocycles. The normalized spacial score (nSPS) is 9.95. The van der Waals surface area contributed by atoms with Gasteiger partial charge in [-0.25, -0.2) is 9.59 Å². The number of ether oxygens (including phenoxy) is 2. The van der Waals surface area contributed by atoms with Gasteiger partial charge in [-0.3, -0.25) is 9.59 Å². The third-order valence-corrected chi connectivity index (χ3v) is 2.19. The first-order chi connectivity index (χ1) is 9.32. The van der Waals surface area contributed by atoms with E-state index in [0.29, 0.717) is 0 Å². The third kappa shape index (κ3) is 3.91. The summed E-state index contributed by atoms with van der Waals surface area (Å²) in [6, 6.07) is 5.58. The maximum atomic E-state index is 11.3. The lowest BCUT2D eigenvalue weighted by molar-refractivity contribution is -0.191. The van der Waals surface area contributed by atoms with E-state index >= 15 is 0 Å². The van der Waals surface area contributed by atoms with Crippen molar-refractivity contribution in [1.29, 1.82) is 0 Å². The maximum Gasteiger partial charge on any atom is 0.377 e. The molecular weight excluding hydrogens is 268 g/mol. The van der Waals surface area contributed by atoms with Gasteiger partial charge in [-0.15, -0.1) is 0 Å². The molecule has 0 saturated heterocycles. The molecule has 7 heteroatoms. The molecule has 0 aromatic heterocycles. The molecule has 0 saturated carbocycles. The Morgan fingerprint density at radius 2 is 1.40 bits per heavy atom. The molecule has 0 fully saturated rings. The van der Waals surface area contributed by atoms with Crippen molar-refractivity contribution in [2.24, 2.45) is 0 Å². The number of Topliss-reactive ketones (excluding diaryl/α,β-unsaturated/α-hetero) is 2. The molecule has 1 rings (SSSR count). The molecule has 7 nitrogen and oxygen atoms in total. The second-order valence-electron chi connectivity index (χ2n) is 3.81. The molecule has 0 aliphatic carbocycles. The van der Waals surface area contributed by atoms with Gasteiger partial charge in [-0.1, -0.05) is 12.1 Å².